The molecule has 0 spiro atoms. The maximum absolute atomic E-state index is 13.8. The number of para-hydroxylation sites is 1. The molecule has 1 heterocycles. The van der Waals surface area contributed by atoms with Crippen LogP contribution in [0, 0.1) is 5.82 Å². The first-order chi connectivity index (χ1) is 19.4. The van der Waals surface area contributed by atoms with Crippen molar-refractivity contribution in [3.8, 4) is 5.75 Å². The van der Waals surface area contributed by atoms with Crippen LogP contribution in [-0.4, -0.2) is 74.0 Å². The quantitative estimate of drug-likeness (QED) is 0.388. The maximum atomic E-state index is 13.8. The van der Waals surface area contributed by atoms with E-state index < -0.39 is 5.82 Å². The van der Waals surface area contributed by atoms with E-state index in [4.69, 9.17) is 4.74 Å². The molecule has 1 aliphatic rings. The molecular weight excluding hydrogens is 513 g/mol. The van der Waals surface area contributed by atoms with E-state index in [0.29, 0.717) is 43.2 Å². The molecule has 3 aromatic carbocycles. The Morgan fingerprint density at radius 1 is 0.975 bits per heavy atom. The van der Waals surface area contributed by atoms with Gasteiger partial charge in [-0.2, -0.15) is 0 Å². The molecule has 0 aliphatic carbocycles. The Balaban J connectivity index is 1.29. The number of hydrogen-bond acceptors (Lipinski definition) is 5. The molecule has 3 aromatic rings. The van der Waals surface area contributed by atoms with Gasteiger partial charge in [0.15, 0.2) is 0 Å². The van der Waals surface area contributed by atoms with Crippen LogP contribution in [0.4, 0.5) is 26.2 Å². The van der Waals surface area contributed by atoms with Gasteiger partial charge in [-0.25, -0.2) is 9.18 Å². The number of rotatable bonds is 9. The molecule has 208 valence electrons. The van der Waals surface area contributed by atoms with Crippen molar-refractivity contribution < 1.29 is 23.5 Å². The van der Waals surface area contributed by atoms with E-state index in [1.807, 2.05) is 12.1 Å². The van der Waals surface area contributed by atoms with E-state index in [-0.39, 0.29) is 36.6 Å². The molecule has 0 unspecified atom stereocenters. The minimum Gasteiger partial charge on any atom is -0.497 e. The van der Waals surface area contributed by atoms with Gasteiger partial charge in [0.05, 0.1) is 12.8 Å². The smallest absolute Gasteiger partial charge is 0.322 e. The lowest BCUT2D eigenvalue weighted by atomic mass is 10.2. The zero-order valence-corrected chi connectivity index (χ0v) is 22.3. The Morgan fingerprint density at radius 2 is 1.70 bits per heavy atom. The number of anilines is 3. The van der Waals surface area contributed by atoms with Gasteiger partial charge in [0.1, 0.15) is 18.1 Å². The summed E-state index contributed by atoms with van der Waals surface area (Å²) in [6.45, 7) is 5.97. The number of piperazine rings is 1. The molecule has 2 N–H and O–H groups in total. The molecule has 40 heavy (non-hydrogen) atoms. The number of halogens is 1. The normalized spacial score (nSPS) is 12.8. The zero-order chi connectivity index (χ0) is 28.5. The van der Waals surface area contributed by atoms with Gasteiger partial charge in [-0.05, 0) is 54.6 Å². The van der Waals surface area contributed by atoms with Crippen molar-refractivity contribution in [2.75, 3.05) is 61.9 Å². The number of benzene rings is 3. The molecule has 10 heteroatoms. The van der Waals surface area contributed by atoms with Gasteiger partial charge in [0.25, 0.3) is 5.91 Å². The molecule has 0 radical (unpaired) electrons. The number of methoxy groups -OCH3 is 1. The van der Waals surface area contributed by atoms with Gasteiger partial charge in [0, 0.05) is 49.7 Å². The summed E-state index contributed by atoms with van der Waals surface area (Å²) in [6.07, 6.45) is 1.57. The van der Waals surface area contributed by atoms with Crippen LogP contribution in [-0.2, 0) is 4.79 Å². The number of nitrogens with one attached hydrogen (secondary N) is 2. The highest BCUT2D eigenvalue weighted by Crippen LogP contribution is 2.21. The van der Waals surface area contributed by atoms with Crippen LogP contribution in [0.1, 0.15) is 10.4 Å². The first-order valence-electron chi connectivity index (χ1n) is 12.9. The molecule has 0 saturated carbocycles. The number of hydrogen-bond donors (Lipinski definition) is 2. The molecule has 4 amide bonds. The van der Waals surface area contributed by atoms with Crippen molar-refractivity contribution >= 4 is 34.9 Å². The Morgan fingerprint density at radius 3 is 2.38 bits per heavy atom. The van der Waals surface area contributed by atoms with E-state index in [9.17, 15) is 18.8 Å². The lowest BCUT2D eigenvalue weighted by Crippen LogP contribution is -2.50. The van der Waals surface area contributed by atoms with Gasteiger partial charge >= 0.3 is 6.03 Å². The summed E-state index contributed by atoms with van der Waals surface area (Å²) in [6, 6.07) is 19.9. The predicted octanol–water partition coefficient (Wildman–Crippen LogP) is 4.46. The summed E-state index contributed by atoms with van der Waals surface area (Å²) in [7, 11) is 1.53. The SMILES string of the molecule is C=CCN(CC(=O)Nc1ccc(N2CCN(C(=O)Nc3ccccc3F)CC2)cc1)C(=O)c1cccc(OC)c1. The first kappa shape index (κ1) is 28.2. The molecule has 0 bridgehead atoms. The van der Waals surface area contributed by atoms with Gasteiger partial charge in [-0.15, -0.1) is 6.58 Å². The van der Waals surface area contributed by atoms with Gasteiger partial charge in [-0.3, -0.25) is 9.59 Å². The molecule has 0 aromatic heterocycles. The fourth-order valence-corrected chi connectivity index (χ4v) is 4.37. The Bertz CT molecular complexity index is 1360. The fraction of sp³-hybridized carbons (Fsp3) is 0.233. The van der Waals surface area contributed by atoms with E-state index in [0.717, 1.165) is 5.69 Å². The summed E-state index contributed by atoms with van der Waals surface area (Å²) in [5, 5.41) is 5.46. The third-order valence-electron chi connectivity index (χ3n) is 6.49. The highest BCUT2D eigenvalue weighted by molar-refractivity contribution is 5.99. The monoisotopic (exact) mass is 545 g/mol. The Labute approximate surface area is 232 Å². The van der Waals surface area contributed by atoms with Gasteiger partial charge in [-0.1, -0.05) is 24.3 Å². The number of amides is 4. The first-order valence-corrected chi connectivity index (χ1v) is 12.9. The van der Waals surface area contributed by atoms with E-state index in [2.05, 4.69) is 22.1 Å². The summed E-state index contributed by atoms with van der Waals surface area (Å²) >= 11 is 0. The molecule has 1 saturated heterocycles. The van der Waals surface area contributed by atoms with Crippen LogP contribution in [0.25, 0.3) is 0 Å². The third kappa shape index (κ3) is 7.16. The summed E-state index contributed by atoms with van der Waals surface area (Å²) in [5.74, 6) is -0.550. The van der Waals surface area contributed by atoms with Crippen LogP contribution in [0.2, 0.25) is 0 Å². The van der Waals surface area contributed by atoms with E-state index in [1.54, 1.807) is 59.5 Å². The third-order valence-corrected chi connectivity index (χ3v) is 6.49. The number of carbonyl (C=O) groups excluding carboxylic acids is 3. The van der Waals surface area contributed by atoms with Gasteiger partial charge < -0.3 is 30.1 Å². The van der Waals surface area contributed by atoms with Crippen LogP contribution >= 0.6 is 0 Å². The highest BCUT2D eigenvalue weighted by Gasteiger charge is 2.22. The largest absolute Gasteiger partial charge is 0.497 e. The second kappa shape index (κ2) is 13.3. The molecule has 1 fully saturated rings. The minimum absolute atomic E-state index is 0.138. The van der Waals surface area contributed by atoms with Crippen molar-refractivity contribution in [3.63, 3.8) is 0 Å². The lowest BCUT2D eigenvalue weighted by molar-refractivity contribution is -0.116. The molecule has 1 aliphatic heterocycles. The molecule has 0 atom stereocenters. The van der Waals surface area contributed by atoms with Gasteiger partial charge in [0.2, 0.25) is 5.91 Å². The van der Waals surface area contributed by atoms with E-state index in [1.165, 1.54) is 24.1 Å². The highest BCUT2D eigenvalue weighted by atomic mass is 19.1. The number of nitrogens with zero attached hydrogens (tertiary/aromatic N) is 3. The van der Waals surface area contributed by atoms with Crippen LogP contribution < -0.4 is 20.3 Å². The van der Waals surface area contributed by atoms with Crippen molar-refractivity contribution in [1.82, 2.24) is 9.80 Å². The Kier molecular flexibility index (Phi) is 9.35. The standard InChI is InChI=1S/C30H32FN5O4/c1-3-15-36(29(38)22-7-6-8-25(20-22)40-2)21-28(37)32-23-11-13-24(14-12-23)34-16-18-35(19-17-34)30(39)33-27-10-5-4-9-26(27)31/h3-14,20H,1,15-19,21H2,2H3,(H,32,37)(H,33,39). The number of carbonyl (C=O) groups is 3. The molecular formula is C30H32FN5O4. The van der Waals surface area contributed by atoms with Crippen molar-refractivity contribution in [1.29, 1.82) is 0 Å². The number of urea groups is 1. The second-order valence-corrected chi connectivity index (χ2v) is 9.19. The van der Waals surface area contributed by atoms with Crippen LogP contribution in [0.15, 0.2) is 85.5 Å². The summed E-state index contributed by atoms with van der Waals surface area (Å²) in [4.78, 5) is 43.5. The van der Waals surface area contributed by atoms with Crippen molar-refractivity contribution in [2.24, 2.45) is 0 Å². The summed E-state index contributed by atoms with van der Waals surface area (Å²) in [5.41, 5.74) is 2.13. The predicted molar refractivity (Wildman–Crippen MR) is 153 cm³/mol. The molecule has 4 rings (SSSR count). The van der Waals surface area contributed by atoms with Crippen molar-refractivity contribution in [3.05, 3.63) is 96.8 Å². The topological polar surface area (TPSA) is 94.2 Å². The average Bonchev–Trinajstić information content (AvgIpc) is 2.98. The van der Waals surface area contributed by atoms with Crippen LogP contribution in [0.3, 0.4) is 0 Å². The lowest BCUT2D eigenvalue weighted by Gasteiger charge is -2.36. The minimum atomic E-state index is -0.474. The Hall–Kier alpha value is -4.86. The number of ether oxygens (including phenoxy) is 1. The fourth-order valence-electron chi connectivity index (χ4n) is 4.37. The maximum Gasteiger partial charge on any atom is 0.322 e. The van der Waals surface area contributed by atoms with Crippen molar-refractivity contribution in [2.45, 2.75) is 0 Å². The van der Waals surface area contributed by atoms with E-state index >= 15 is 0 Å². The average molecular weight is 546 g/mol. The second-order valence-electron chi connectivity index (χ2n) is 9.19. The summed E-state index contributed by atoms with van der Waals surface area (Å²) < 4.78 is 19.0. The van der Waals surface area contributed by atoms with Crippen LogP contribution in [0.5, 0.6) is 5.75 Å². The zero-order valence-electron chi connectivity index (χ0n) is 22.3. The molecule has 9 nitrogen and oxygen atoms in total.